The molecule has 1 unspecified atom stereocenters. The molecule has 4 aromatic carbocycles. The molecule has 8 rings (SSSR count). The topological polar surface area (TPSA) is 66.2 Å². The first-order chi connectivity index (χ1) is 23.7. The fourth-order valence-corrected chi connectivity index (χ4v) is 9.65. The number of aliphatic hydroxyl groups is 1. The molecular weight excluding hydrogens is 824 g/mol. The Hall–Kier alpha value is -4.87. The van der Waals surface area contributed by atoms with Gasteiger partial charge in [-0.2, -0.15) is 0 Å². The number of allylic oxidation sites excluding steroid dienone is 1. The zero-order valence-corrected chi connectivity index (χ0v) is 30.0. The first-order valence-electron chi connectivity index (χ1n) is 15.7. The van der Waals surface area contributed by atoms with Gasteiger partial charge in [0.2, 0.25) is 0 Å². The molecule has 1 atom stereocenters. The maximum Gasteiger partial charge on any atom is 0.144 e. The second kappa shape index (κ2) is 14.3. The zero-order valence-electron chi connectivity index (χ0n) is 26.1. The number of aromatic hydroxyl groups is 1. The third-order valence-electron chi connectivity index (χ3n) is 8.39. The molecule has 0 bridgehead atoms. The van der Waals surface area contributed by atoms with Crippen LogP contribution in [0.2, 0.25) is 0 Å². The summed E-state index contributed by atoms with van der Waals surface area (Å²) >= 11 is 1.56. The van der Waals surface area contributed by atoms with Crippen LogP contribution in [-0.2, 0) is 21.1 Å². The van der Waals surface area contributed by atoms with Crippen LogP contribution in [0, 0.1) is 0 Å². The van der Waals surface area contributed by atoms with Gasteiger partial charge < -0.3 is 10.2 Å². The van der Waals surface area contributed by atoms with Gasteiger partial charge in [0.25, 0.3) is 0 Å². The fourth-order valence-electron chi connectivity index (χ4n) is 6.09. The third kappa shape index (κ3) is 6.36. The van der Waals surface area contributed by atoms with Crippen LogP contribution in [0.15, 0.2) is 168 Å². The molecule has 7 aromatic rings. The van der Waals surface area contributed by atoms with E-state index >= 15 is 0 Å². The number of aromatic nitrogens is 2. The van der Waals surface area contributed by atoms with Crippen LogP contribution in [0.1, 0.15) is 11.3 Å². The SMILES string of the molecule is OC1=C(c2ccccc2)CS(c2ccccc2)=C1c1cccc(-c2cccc(-c3c(-c4ccccc4)sc(-c4ccccc4)c3O)n2)n1.[Pt]. The molecule has 7 heteroatoms. The van der Waals surface area contributed by atoms with E-state index in [2.05, 4.69) is 24.3 Å². The van der Waals surface area contributed by atoms with Gasteiger partial charge in [-0.3, -0.25) is 0 Å². The third-order valence-corrected chi connectivity index (χ3v) is 12.0. The summed E-state index contributed by atoms with van der Waals surface area (Å²) in [5.41, 5.74) is 7.40. The first-order valence-corrected chi connectivity index (χ1v) is 17.9. The summed E-state index contributed by atoms with van der Waals surface area (Å²) in [6, 6.07) is 52.3. The summed E-state index contributed by atoms with van der Waals surface area (Å²) < 4.78 is 0. The predicted octanol–water partition coefficient (Wildman–Crippen LogP) is 10.7. The predicted molar refractivity (Wildman–Crippen MR) is 201 cm³/mol. The van der Waals surface area contributed by atoms with Crippen molar-refractivity contribution in [3.05, 3.63) is 175 Å². The molecule has 2 N–H and O–H groups in total. The van der Waals surface area contributed by atoms with Crippen molar-refractivity contribution >= 4 is 32.3 Å². The number of thiophene rings is 1. The van der Waals surface area contributed by atoms with Crippen LogP contribution >= 0.6 is 21.8 Å². The maximum atomic E-state index is 11.8. The second-order valence-electron chi connectivity index (χ2n) is 11.4. The van der Waals surface area contributed by atoms with Crippen molar-refractivity contribution in [2.45, 2.75) is 4.90 Å². The second-order valence-corrected chi connectivity index (χ2v) is 14.4. The molecule has 0 aliphatic carbocycles. The fraction of sp³-hybridized carbons (Fsp3) is 0.0238. The van der Waals surface area contributed by atoms with Gasteiger partial charge >= 0.3 is 0 Å². The van der Waals surface area contributed by atoms with Crippen LogP contribution in [0.3, 0.4) is 0 Å². The van der Waals surface area contributed by atoms with E-state index in [0.717, 1.165) is 47.5 Å². The average molecular weight is 854 g/mol. The van der Waals surface area contributed by atoms with Gasteiger partial charge in [0.05, 0.1) is 38.1 Å². The van der Waals surface area contributed by atoms with Gasteiger partial charge in [0.1, 0.15) is 11.5 Å². The molecule has 0 spiro atoms. The molecule has 1 aliphatic rings. The minimum Gasteiger partial charge on any atom is -0.506 e. The number of benzene rings is 4. The molecule has 49 heavy (non-hydrogen) atoms. The van der Waals surface area contributed by atoms with Crippen LogP contribution < -0.4 is 0 Å². The average Bonchev–Trinajstić information content (AvgIpc) is 3.70. The van der Waals surface area contributed by atoms with E-state index in [-0.39, 0.29) is 26.8 Å². The monoisotopic (exact) mass is 853 g/mol. The Bertz CT molecular complexity index is 2320. The van der Waals surface area contributed by atoms with Gasteiger partial charge in [-0.05, 0) is 53.1 Å². The smallest absolute Gasteiger partial charge is 0.144 e. The molecule has 1 aliphatic heterocycles. The summed E-state index contributed by atoms with van der Waals surface area (Å²) in [5.74, 6) is 1.22. The van der Waals surface area contributed by atoms with E-state index in [1.165, 1.54) is 0 Å². The Kier molecular flexibility index (Phi) is 9.54. The molecule has 4 nitrogen and oxygen atoms in total. The van der Waals surface area contributed by atoms with Crippen molar-refractivity contribution in [2.24, 2.45) is 0 Å². The van der Waals surface area contributed by atoms with Crippen LogP contribution in [-0.4, -0.2) is 30.8 Å². The van der Waals surface area contributed by atoms with Gasteiger partial charge in [-0.1, -0.05) is 121 Å². The summed E-state index contributed by atoms with van der Waals surface area (Å²) in [4.78, 5) is 14.0. The number of nitrogens with zero attached hydrogens (tertiary/aromatic N) is 2. The number of hydrogen-bond donors (Lipinski definition) is 2. The summed E-state index contributed by atoms with van der Waals surface area (Å²) in [6.45, 7) is 0. The van der Waals surface area contributed by atoms with Crippen LogP contribution in [0.4, 0.5) is 0 Å². The maximum absolute atomic E-state index is 11.8. The van der Waals surface area contributed by atoms with E-state index in [1.54, 1.807) is 11.3 Å². The molecule has 0 fully saturated rings. The van der Waals surface area contributed by atoms with Crippen molar-refractivity contribution in [3.8, 4) is 49.3 Å². The Balaban J connectivity index is 0.00000378. The van der Waals surface area contributed by atoms with Gasteiger partial charge in [-0.25, -0.2) is 9.97 Å². The van der Waals surface area contributed by atoms with Gasteiger partial charge in [0.15, 0.2) is 0 Å². The molecule has 4 heterocycles. The molecular formula is C42H30N2O2PtS2. The number of rotatable bonds is 7. The standard InChI is InChI=1S/C42H30N2O2S2.Pt/c45-38-32(28-15-5-1-6-16-28)27-48(31-21-11-4-12-22-31)42(38)36-26-14-24-34(44-36)33-23-13-25-35(43-33)37-39(46)41(30-19-9-3-10-20-30)47-40(37)29-17-7-2-8-18-29;/h1-26,45-46H,27H2;. The van der Waals surface area contributed by atoms with Crippen molar-refractivity contribution in [2.75, 3.05) is 5.75 Å². The van der Waals surface area contributed by atoms with Gasteiger partial charge in [0, 0.05) is 42.2 Å². The van der Waals surface area contributed by atoms with E-state index in [0.29, 0.717) is 34.2 Å². The zero-order chi connectivity index (χ0) is 32.5. The Morgan fingerprint density at radius 2 is 0.959 bits per heavy atom. The Morgan fingerprint density at radius 3 is 1.55 bits per heavy atom. The van der Waals surface area contributed by atoms with Crippen molar-refractivity contribution in [1.29, 1.82) is 0 Å². The van der Waals surface area contributed by atoms with Gasteiger partial charge in [-0.15, -0.1) is 21.8 Å². The van der Waals surface area contributed by atoms with Crippen LogP contribution in [0.25, 0.3) is 49.1 Å². The van der Waals surface area contributed by atoms with Crippen molar-refractivity contribution in [3.63, 3.8) is 0 Å². The summed E-state index contributed by atoms with van der Waals surface area (Å²) in [5, 5.41) is 23.5. The van der Waals surface area contributed by atoms with E-state index < -0.39 is 10.5 Å². The Labute approximate surface area is 306 Å². The number of hydrogen-bond acceptors (Lipinski definition) is 5. The summed E-state index contributed by atoms with van der Waals surface area (Å²) in [7, 11) is -0.404. The largest absolute Gasteiger partial charge is 0.506 e. The van der Waals surface area contributed by atoms with E-state index in [4.69, 9.17) is 9.97 Å². The number of aliphatic hydroxyl groups excluding tert-OH is 1. The minimum absolute atomic E-state index is 0. The molecule has 0 amide bonds. The molecule has 0 radical (unpaired) electrons. The quantitative estimate of drug-likeness (QED) is 0.157. The minimum atomic E-state index is -0.404. The molecule has 0 saturated heterocycles. The normalized spacial score (nSPS) is 14.1. The molecule has 0 saturated carbocycles. The van der Waals surface area contributed by atoms with E-state index in [1.807, 2.05) is 133 Å². The van der Waals surface area contributed by atoms with E-state index in [9.17, 15) is 10.2 Å². The summed E-state index contributed by atoms with van der Waals surface area (Å²) in [6.07, 6.45) is 0. The number of pyridine rings is 2. The molecule has 242 valence electrons. The van der Waals surface area contributed by atoms with Crippen molar-refractivity contribution in [1.82, 2.24) is 9.97 Å². The Morgan fingerprint density at radius 1 is 0.490 bits per heavy atom. The van der Waals surface area contributed by atoms with Crippen LogP contribution in [0.5, 0.6) is 5.75 Å². The first kappa shape index (κ1) is 32.7. The molecule has 3 aromatic heterocycles. The van der Waals surface area contributed by atoms with Crippen molar-refractivity contribution < 1.29 is 31.3 Å².